The highest BCUT2D eigenvalue weighted by atomic mass is 15.2. The molecule has 2 rings (SSSR count). The molecule has 0 amide bonds. The highest BCUT2D eigenvalue weighted by Gasteiger charge is 2.14. The lowest BCUT2D eigenvalue weighted by molar-refractivity contribution is 0.926. The van der Waals surface area contributed by atoms with Gasteiger partial charge in [-0.2, -0.15) is 10.2 Å². The van der Waals surface area contributed by atoms with Gasteiger partial charge in [-0.05, 0) is 13.3 Å². The third-order valence-electron chi connectivity index (χ3n) is 2.50. The molecule has 0 spiro atoms. The first kappa shape index (κ1) is 9.76. The molecule has 0 unspecified atom stereocenters. The second kappa shape index (κ2) is 3.76. The van der Waals surface area contributed by atoms with Crippen molar-refractivity contribution < 1.29 is 0 Å². The molecule has 5 heteroatoms. The number of hydrogen-bond donors (Lipinski definition) is 3. The minimum atomic E-state index is 0.590. The molecule has 0 aliphatic heterocycles. The maximum atomic E-state index is 5.81. The summed E-state index contributed by atoms with van der Waals surface area (Å²) in [6.45, 7) is 4.10. The number of aromatic nitrogens is 4. The molecule has 2 aromatic rings. The Labute approximate surface area is 88.1 Å². The summed E-state index contributed by atoms with van der Waals surface area (Å²) in [5, 5.41) is 13.9. The molecule has 0 aromatic carbocycles. The van der Waals surface area contributed by atoms with Crippen molar-refractivity contribution >= 4 is 5.82 Å². The summed E-state index contributed by atoms with van der Waals surface area (Å²) in [6.07, 6.45) is 3.78. The van der Waals surface area contributed by atoms with Gasteiger partial charge in [-0.3, -0.25) is 10.2 Å². The highest BCUT2D eigenvalue weighted by Crippen LogP contribution is 2.27. The van der Waals surface area contributed by atoms with Crippen molar-refractivity contribution in [1.29, 1.82) is 0 Å². The molecular weight excluding hydrogens is 190 g/mol. The molecule has 15 heavy (non-hydrogen) atoms. The van der Waals surface area contributed by atoms with Crippen LogP contribution in [0.4, 0.5) is 5.82 Å². The van der Waals surface area contributed by atoms with Crippen molar-refractivity contribution in [3.8, 4) is 11.3 Å². The zero-order valence-electron chi connectivity index (χ0n) is 8.96. The van der Waals surface area contributed by atoms with Crippen molar-refractivity contribution in [1.82, 2.24) is 20.4 Å². The molecule has 0 bridgehead atoms. The van der Waals surface area contributed by atoms with Crippen LogP contribution in [0.3, 0.4) is 0 Å². The Kier molecular flexibility index (Phi) is 2.45. The number of aromatic amines is 2. The van der Waals surface area contributed by atoms with Gasteiger partial charge in [-0.15, -0.1) is 0 Å². The van der Waals surface area contributed by atoms with Gasteiger partial charge in [0, 0.05) is 16.8 Å². The van der Waals surface area contributed by atoms with Crippen LogP contribution >= 0.6 is 0 Å². The first-order chi connectivity index (χ1) is 7.24. The average molecular weight is 205 g/mol. The number of nitrogen functional groups attached to an aromatic ring is 1. The average Bonchev–Trinajstić information content (AvgIpc) is 2.76. The lowest BCUT2D eigenvalue weighted by Crippen LogP contribution is -1.92. The lowest BCUT2D eigenvalue weighted by Gasteiger charge is -2.00. The molecule has 0 aliphatic rings. The van der Waals surface area contributed by atoms with E-state index in [-0.39, 0.29) is 0 Å². The van der Waals surface area contributed by atoms with E-state index in [0.717, 1.165) is 35.4 Å². The number of nitrogens with two attached hydrogens (primary N) is 1. The van der Waals surface area contributed by atoms with Gasteiger partial charge < -0.3 is 5.73 Å². The summed E-state index contributed by atoms with van der Waals surface area (Å²) in [5.74, 6) is 0.590. The first-order valence-corrected chi connectivity index (χ1v) is 5.07. The number of anilines is 1. The van der Waals surface area contributed by atoms with Crippen molar-refractivity contribution in [2.75, 3.05) is 5.73 Å². The lowest BCUT2D eigenvalue weighted by atomic mass is 10.1. The number of nitrogens with one attached hydrogen (secondary N) is 2. The van der Waals surface area contributed by atoms with E-state index in [9.17, 15) is 0 Å². The molecule has 5 nitrogen and oxygen atoms in total. The highest BCUT2D eigenvalue weighted by molar-refractivity contribution is 5.69. The summed E-state index contributed by atoms with van der Waals surface area (Å²) in [4.78, 5) is 0. The number of hydrogen-bond acceptors (Lipinski definition) is 3. The molecule has 80 valence electrons. The number of aryl methyl sites for hydroxylation is 1. The monoisotopic (exact) mass is 205 g/mol. The molecule has 4 N–H and O–H groups in total. The molecule has 0 saturated heterocycles. The molecule has 2 aromatic heterocycles. The van der Waals surface area contributed by atoms with Crippen LogP contribution in [0.2, 0.25) is 0 Å². The van der Waals surface area contributed by atoms with E-state index < -0.39 is 0 Å². The van der Waals surface area contributed by atoms with Crippen LogP contribution in [-0.2, 0) is 6.42 Å². The van der Waals surface area contributed by atoms with Crippen LogP contribution in [-0.4, -0.2) is 20.4 Å². The van der Waals surface area contributed by atoms with E-state index in [0.29, 0.717) is 5.82 Å². The van der Waals surface area contributed by atoms with Gasteiger partial charge in [-0.1, -0.05) is 13.3 Å². The van der Waals surface area contributed by atoms with Crippen LogP contribution in [0.1, 0.15) is 24.6 Å². The summed E-state index contributed by atoms with van der Waals surface area (Å²) < 4.78 is 0. The SMILES string of the molecule is CCCc1c(N)n[nH]c1-c1cn[nH]c1C. The number of rotatable bonds is 3. The van der Waals surface area contributed by atoms with Gasteiger partial charge in [-0.25, -0.2) is 0 Å². The van der Waals surface area contributed by atoms with Crippen molar-refractivity contribution in [2.45, 2.75) is 26.7 Å². The molecule has 0 saturated carbocycles. The van der Waals surface area contributed by atoms with E-state index >= 15 is 0 Å². The van der Waals surface area contributed by atoms with Crippen LogP contribution in [0.15, 0.2) is 6.20 Å². The molecule has 0 aliphatic carbocycles. The third kappa shape index (κ3) is 1.60. The predicted molar refractivity (Wildman–Crippen MR) is 59.3 cm³/mol. The fraction of sp³-hybridized carbons (Fsp3) is 0.400. The Hall–Kier alpha value is -1.78. The van der Waals surface area contributed by atoms with Crippen LogP contribution in [0.5, 0.6) is 0 Å². The van der Waals surface area contributed by atoms with Crippen LogP contribution in [0.25, 0.3) is 11.3 Å². The quantitative estimate of drug-likeness (QED) is 0.712. The largest absolute Gasteiger partial charge is 0.382 e. The predicted octanol–water partition coefficient (Wildman–Crippen LogP) is 1.64. The Morgan fingerprint density at radius 1 is 1.40 bits per heavy atom. The molecule has 0 atom stereocenters. The summed E-state index contributed by atoms with van der Waals surface area (Å²) in [5.41, 5.74) is 9.95. The van der Waals surface area contributed by atoms with Gasteiger partial charge in [0.15, 0.2) is 0 Å². The Balaban J connectivity index is 2.49. The minimum Gasteiger partial charge on any atom is -0.382 e. The fourth-order valence-electron chi connectivity index (χ4n) is 1.71. The van der Waals surface area contributed by atoms with E-state index in [2.05, 4.69) is 27.3 Å². The van der Waals surface area contributed by atoms with E-state index in [4.69, 9.17) is 5.73 Å². The van der Waals surface area contributed by atoms with E-state index in [1.165, 1.54) is 0 Å². The summed E-state index contributed by atoms with van der Waals surface area (Å²) in [6, 6.07) is 0. The number of H-pyrrole nitrogens is 2. The van der Waals surface area contributed by atoms with Crippen molar-refractivity contribution in [2.24, 2.45) is 0 Å². The van der Waals surface area contributed by atoms with Gasteiger partial charge in [0.25, 0.3) is 0 Å². The van der Waals surface area contributed by atoms with Gasteiger partial charge in [0.1, 0.15) is 5.82 Å². The Morgan fingerprint density at radius 3 is 2.80 bits per heavy atom. The second-order valence-corrected chi connectivity index (χ2v) is 3.62. The van der Waals surface area contributed by atoms with E-state index in [1.54, 1.807) is 6.20 Å². The van der Waals surface area contributed by atoms with Crippen LogP contribution in [0, 0.1) is 6.92 Å². The maximum Gasteiger partial charge on any atom is 0.149 e. The topological polar surface area (TPSA) is 83.4 Å². The van der Waals surface area contributed by atoms with Crippen molar-refractivity contribution in [3.05, 3.63) is 17.5 Å². The second-order valence-electron chi connectivity index (χ2n) is 3.62. The van der Waals surface area contributed by atoms with Gasteiger partial charge in [0.2, 0.25) is 0 Å². The molecular formula is C10H15N5. The zero-order chi connectivity index (χ0) is 10.8. The normalized spacial score (nSPS) is 10.8. The molecule has 0 fully saturated rings. The fourth-order valence-corrected chi connectivity index (χ4v) is 1.71. The first-order valence-electron chi connectivity index (χ1n) is 5.07. The Morgan fingerprint density at radius 2 is 2.20 bits per heavy atom. The smallest absolute Gasteiger partial charge is 0.149 e. The van der Waals surface area contributed by atoms with E-state index in [1.807, 2.05) is 6.92 Å². The standard InChI is InChI=1S/C10H15N5/c1-3-4-7-9(14-15-10(7)11)8-5-12-13-6(8)2/h5H,3-4H2,1-2H3,(H,12,13)(H3,11,14,15). The molecule has 2 heterocycles. The zero-order valence-corrected chi connectivity index (χ0v) is 8.96. The number of nitrogens with zero attached hydrogens (tertiary/aromatic N) is 2. The third-order valence-corrected chi connectivity index (χ3v) is 2.50. The maximum absolute atomic E-state index is 5.81. The Bertz CT molecular complexity index is 454. The van der Waals surface area contributed by atoms with Crippen molar-refractivity contribution in [3.63, 3.8) is 0 Å². The van der Waals surface area contributed by atoms with Gasteiger partial charge >= 0.3 is 0 Å². The summed E-state index contributed by atoms with van der Waals surface area (Å²) in [7, 11) is 0. The molecule has 0 radical (unpaired) electrons. The van der Waals surface area contributed by atoms with Gasteiger partial charge in [0.05, 0.1) is 11.9 Å². The minimum absolute atomic E-state index is 0.590. The van der Waals surface area contributed by atoms with Crippen LogP contribution < -0.4 is 5.73 Å². The summed E-state index contributed by atoms with van der Waals surface area (Å²) >= 11 is 0.